The van der Waals surface area contributed by atoms with Crippen molar-refractivity contribution in [2.75, 3.05) is 0 Å². The molecule has 25 heavy (non-hydrogen) atoms. The van der Waals surface area contributed by atoms with Crippen LogP contribution in [-0.2, 0) is 0 Å². The predicted octanol–water partition coefficient (Wildman–Crippen LogP) is 4.55. The van der Waals surface area contributed by atoms with Gasteiger partial charge in [0.1, 0.15) is 5.15 Å². The van der Waals surface area contributed by atoms with Gasteiger partial charge in [-0.1, -0.05) is 35.9 Å². The van der Waals surface area contributed by atoms with E-state index < -0.39 is 6.04 Å². The Labute approximate surface area is 150 Å². The van der Waals surface area contributed by atoms with Crippen LogP contribution in [0.2, 0.25) is 5.15 Å². The van der Waals surface area contributed by atoms with E-state index in [0.29, 0.717) is 21.8 Å². The number of nitrogens with zero attached hydrogens (tertiary/aromatic N) is 2. The third kappa shape index (κ3) is 2.41. The van der Waals surface area contributed by atoms with E-state index in [1.54, 1.807) is 31.2 Å². The number of hydrogen-bond acceptors (Lipinski definition) is 3. The quantitative estimate of drug-likeness (QED) is 0.503. The molecular weight excluding hydrogens is 336 g/mol. The average molecular weight is 351 g/mol. The van der Waals surface area contributed by atoms with E-state index >= 15 is 0 Å². The summed E-state index contributed by atoms with van der Waals surface area (Å²) in [6.45, 7) is 3.79. The van der Waals surface area contributed by atoms with Crippen molar-refractivity contribution in [3.63, 3.8) is 0 Å². The van der Waals surface area contributed by atoms with Gasteiger partial charge in [-0.25, -0.2) is 4.98 Å². The topological polar surface area (TPSA) is 50.3 Å². The second-order valence-corrected chi connectivity index (χ2v) is 6.62. The van der Waals surface area contributed by atoms with E-state index in [2.05, 4.69) is 4.98 Å². The molecule has 1 unspecified atom stereocenters. The highest BCUT2D eigenvalue weighted by atomic mass is 35.5. The molecule has 3 aromatic rings. The van der Waals surface area contributed by atoms with Gasteiger partial charge in [-0.3, -0.25) is 14.5 Å². The summed E-state index contributed by atoms with van der Waals surface area (Å²) >= 11 is 6.38. The number of carbonyl (C=O) groups is 2. The molecule has 0 saturated heterocycles. The maximum absolute atomic E-state index is 12.7. The molecule has 0 N–H and O–H groups in total. The van der Waals surface area contributed by atoms with Gasteiger partial charge in [0.15, 0.2) is 0 Å². The molecule has 1 atom stereocenters. The minimum atomic E-state index is -0.502. The van der Waals surface area contributed by atoms with Gasteiger partial charge in [-0.2, -0.15) is 0 Å². The van der Waals surface area contributed by atoms with Gasteiger partial charge in [-0.15, -0.1) is 0 Å². The molecule has 0 aliphatic carbocycles. The lowest BCUT2D eigenvalue weighted by molar-refractivity contribution is 0.0595. The summed E-state index contributed by atoms with van der Waals surface area (Å²) in [4.78, 5) is 31.1. The fourth-order valence-corrected chi connectivity index (χ4v) is 3.57. The molecule has 2 aromatic carbocycles. The zero-order chi connectivity index (χ0) is 17.7. The molecule has 4 nitrogen and oxygen atoms in total. The highest BCUT2D eigenvalue weighted by Gasteiger charge is 2.39. The zero-order valence-electron chi connectivity index (χ0n) is 13.8. The highest BCUT2D eigenvalue weighted by Crippen LogP contribution is 2.34. The number of fused-ring (bicyclic) bond motifs is 2. The maximum Gasteiger partial charge on any atom is 0.262 e. The zero-order valence-corrected chi connectivity index (χ0v) is 14.5. The van der Waals surface area contributed by atoms with Crippen molar-refractivity contribution in [3.05, 3.63) is 75.9 Å². The van der Waals surface area contributed by atoms with E-state index in [4.69, 9.17) is 11.6 Å². The molecule has 4 rings (SSSR count). The van der Waals surface area contributed by atoms with Crippen molar-refractivity contribution >= 4 is 34.3 Å². The summed E-state index contributed by atoms with van der Waals surface area (Å²) in [6, 6.07) is 14.2. The summed E-state index contributed by atoms with van der Waals surface area (Å²) < 4.78 is 0. The molecule has 0 bridgehead atoms. The minimum Gasteiger partial charge on any atom is -0.269 e. The number of rotatable bonds is 2. The van der Waals surface area contributed by atoms with Crippen LogP contribution in [0, 0.1) is 6.92 Å². The van der Waals surface area contributed by atoms with Crippen LogP contribution >= 0.6 is 11.6 Å². The Morgan fingerprint density at radius 2 is 1.64 bits per heavy atom. The van der Waals surface area contributed by atoms with Crippen LogP contribution in [-0.4, -0.2) is 21.7 Å². The molecule has 0 spiro atoms. The van der Waals surface area contributed by atoms with Crippen LogP contribution in [0.15, 0.2) is 48.5 Å². The normalized spacial score (nSPS) is 14.9. The Bertz CT molecular complexity index is 1010. The number of carbonyl (C=O) groups excluding carboxylic acids is 2. The Kier molecular flexibility index (Phi) is 3.58. The number of hydrogen-bond donors (Lipinski definition) is 0. The number of pyridine rings is 1. The van der Waals surface area contributed by atoms with E-state index in [-0.39, 0.29) is 11.8 Å². The van der Waals surface area contributed by atoms with Crippen molar-refractivity contribution in [2.24, 2.45) is 0 Å². The summed E-state index contributed by atoms with van der Waals surface area (Å²) in [6.07, 6.45) is 0. The number of aryl methyl sites for hydroxylation is 1. The first-order chi connectivity index (χ1) is 12.0. The monoisotopic (exact) mass is 350 g/mol. The number of imide groups is 1. The number of benzene rings is 2. The van der Waals surface area contributed by atoms with Crippen LogP contribution in [0.4, 0.5) is 0 Å². The van der Waals surface area contributed by atoms with Crippen LogP contribution in [0.5, 0.6) is 0 Å². The first-order valence-electron chi connectivity index (χ1n) is 8.01. The number of aromatic nitrogens is 1. The Morgan fingerprint density at radius 1 is 1.00 bits per heavy atom. The van der Waals surface area contributed by atoms with Gasteiger partial charge in [0.25, 0.3) is 11.8 Å². The maximum atomic E-state index is 12.7. The smallest absolute Gasteiger partial charge is 0.262 e. The minimum absolute atomic E-state index is 0.298. The molecule has 1 aromatic heterocycles. The molecule has 0 saturated carbocycles. The number of amides is 2. The average Bonchev–Trinajstić information content (AvgIpc) is 2.85. The molecule has 2 heterocycles. The van der Waals surface area contributed by atoms with Crippen LogP contribution in [0.1, 0.15) is 44.8 Å². The van der Waals surface area contributed by atoms with Crippen molar-refractivity contribution in [2.45, 2.75) is 19.9 Å². The van der Waals surface area contributed by atoms with Gasteiger partial charge < -0.3 is 0 Å². The van der Waals surface area contributed by atoms with E-state index in [1.807, 2.05) is 31.2 Å². The van der Waals surface area contributed by atoms with Crippen LogP contribution in [0.3, 0.4) is 0 Å². The molecule has 2 amide bonds. The summed E-state index contributed by atoms with van der Waals surface area (Å²) in [5.41, 5.74) is 3.41. The fourth-order valence-electron chi connectivity index (χ4n) is 3.26. The summed E-state index contributed by atoms with van der Waals surface area (Å²) in [5, 5.41) is 1.23. The third-order valence-electron chi connectivity index (χ3n) is 4.62. The third-order valence-corrected chi connectivity index (χ3v) is 4.92. The molecule has 124 valence electrons. The van der Waals surface area contributed by atoms with Crippen molar-refractivity contribution < 1.29 is 9.59 Å². The van der Waals surface area contributed by atoms with Gasteiger partial charge in [-0.05, 0) is 43.7 Å². The first kappa shape index (κ1) is 15.8. The summed E-state index contributed by atoms with van der Waals surface area (Å²) in [5.74, 6) is -0.596. The highest BCUT2D eigenvalue weighted by molar-refractivity contribution is 6.31. The van der Waals surface area contributed by atoms with E-state index in [1.165, 1.54) is 4.90 Å². The van der Waals surface area contributed by atoms with Crippen molar-refractivity contribution in [3.8, 4) is 0 Å². The predicted molar refractivity (Wildman–Crippen MR) is 96.8 cm³/mol. The molecule has 1 aliphatic heterocycles. The Hall–Kier alpha value is -2.72. The lowest BCUT2D eigenvalue weighted by atomic mass is 10.1. The summed E-state index contributed by atoms with van der Waals surface area (Å²) in [7, 11) is 0. The fraction of sp³-hybridized carbons (Fsp3) is 0.150. The molecule has 0 fully saturated rings. The molecule has 1 aliphatic rings. The van der Waals surface area contributed by atoms with Gasteiger partial charge in [0, 0.05) is 10.9 Å². The molecule has 5 heteroatoms. The molecular formula is C20H15ClN2O2. The first-order valence-corrected chi connectivity index (χ1v) is 8.39. The van der Waals surface area contributed by atoms with E-state index in [0.717, 1.165) is 16.5 Å². The lowest BCUT2D eigenvalue weighted by Crippen LogP contribution is -2.32. The van der Waals surface area contributed by atoms with Gasteiger partial charge in [0.05, 0.1) is 22.7 Å². The van der Waals surface area contributed by atoms with Gasteiger partial charge >= 0.3 is 0 Å². The standard InChI is InChI=1S/C20H15ClN2O2/c1-11-7-8-13-10-16(18(21)22-17(13)9-11)12(2)23-19(24)14-5-3-4-6-15(14)20(23)25/h3-10,12H,1-2H3. The molecule has 0 radical (unpaired) electrons. The Balaban J connectivity index is 1.79. The van der Waals surface area contributed by atoms with Crippen molar-refractivity contribution in [1.82, 2.24) is 9.88 Å². The second kappa shape index (κ2) is 5.67. The van der Waals surface area contributed by atoms with Gasteiger partial charge in [0.2, 0.25) is 0 Å². The van der Waals surface area contributed by atoms with Crippen LogP contribution < -0.4 is 0 Å². The van der Waals surface area contributed by atoms with Crippen LogP contribution in [0.25, 0.3) is 10.9 Å². The second-order valence-electron chi connectivity index (χ2n) is 6.27. The number of halogens is 1. The Morgan fingerprint density at radius 3 is 2.28 bits per heavy atom. The van der Waals surface area contributed by atoms with Crippen molar-refractivity contribution in [1.29, 1.82) is 0 Å². The lowest BCUT2D eigenvalue weighted by Gasteiger charge is -2.23. The SMILES string of the molecule is Cc1ccc2cc(C(C)N3C(=O)c4ccccc4C3=O)c(Cl)nc2c1. The van der Waals surface area contributed by atoms with E-state index in [9.17, 15) is 9.59 Å². The largest absolute Gasteiger partial charge is 0.269 e.